The quantitative estimate of drug-likeness (QED) is 0.596. The van der Waals surface area contributed by atoms with E-state index in [1.165, 1.54) is 10.9 Å². The van der Waals surface area contributed by atoms with E-state index in [1.54, 1.807) is 0 Å². The molecule has 0 bridgehead atoms. The van der Waals surface area contributed by atoms with E-state index in [-0.39, 0.29) is 5.03 Å². The number of benzene rings is 1. The molecule has 1 heterocycles. The van der Waals surface area contributed by atoms with Crippen LogP contribution in [0.5, 0.6) is 0 Å². The van der Waals surface area contributed by atoms with Gasteiger partial charge in [0, 0.05) is 10.7 Å². The summed E-state index contributed by atoms with van der Waals surface area (Å²) in [6, 6.07) is 9.75. The van der Waals surface area contributed by atoms with Crippen LogP contribution >= 0.6 is 10.7 Å². The molecule has 0 atom stereocenters. The standard InChI is InChI=1S/C11H12ClN3O3S/c12-19(16,17)11-8-15(14-13-11)6-7-18-9-10-4-2-1-3-5-10/h1-5,8H,6-7,9H2. The van der Waals surface area contributed by atoms with Crippen LogP contribution in [0.3, 0.4) is 0 Å². The van der Waals surface area contributed by atoms with Gasteiger partial charge >= 0.3 is 0 Å². The minimum absolute atomic E-state index is 0.253. The third-order valence-corrected chi connectivity index (χ3v) is 3.50. The highest BCUT2D eigenvalue weighted by Gasteiger charge is 2.14. The number of halogens is 1. The number of hydrogen-bond acceptors (Lipinski definition) is 5. The van der Waals surface area contributed by atoms with Crippen LogP contribution in [0.1, 0.15) is 5.56 Å². The Labute approximate surface area is 115 Å². The van der Waals surface area contributed by atoms with Gasteiger partial charge in [-0.2, -0.15) is 0 Å². The van der Waals surface area contributed by atoms with Gasteiger partial charge in [0.05, 0.1) is 26.0 Å². The highest BCUT2D eigenvalue weighted by Crippen LogP contribution is 2.09. The van der Waals surface area contributed by atoms with Crippen molar-refractivity contribution in [3.63, 3.8) is 0 Å². The second-order valence-electron chi connectivity index (χ2n) is 3.80. The minimum atomic E-state index is -3.82. The van der Waals surface area contributed by atoms with Gasteiger partial charge in [-0.15, -0.1) is 5.10 Å². The Kier molecular flexibility index (Phi) is 4.52. The maximum Gasteiger partial charge on any atom is 0.282 e. The maximum absolute atomic E-state index is 11.0. The van der Waals surface area contributed by atoms with Crippen molar-refractivity contribution in [2.45, 2.75) is 18.2 Å². The van der Waals surface area contributed by atoms with Crippen molar-refractivity contribution in [2.75, 3.05) is 6.61 Å². The molecule has 0 N–H and O–H groups in total. The van der Waals surface area contributed by atoms with E-state index in [9.17, 15) is 8.42 Å². The van der Waals surface area contributed by atoms with E-state index in [4.69, 9.17) is 15.4 Å². The lowest BCUT2D eigenvalue weighted by molar-refractivity contribution is 0.110. The van der Waals surface area contributed by atoms with Crippen LogP contribution in [0, 0.1) is 0 Å². The van der Waals surface area contributed by atoms with Gasteiger partial charge in [-0.3, -0.25) is 0 Å². The molecule has 0 saturated carbocycles. The van der Waals surface area contributed by atoms with Crippen LogP contribution in [0.2, 0.25) is 0 Å². The molecule has 0 saturated heterocycles. The number of ether oxygens (including phenoxy) is 1. The topological polar surface area (TPSA) is 74.1 Å². The first-order chi connectivity index (χ1) is 9.05. The molecule has 2 aromatic rings. The minimum Gasteiger partial charge on any atom is -0.375 e. The van der Waals surface area contributed by atoms with E-state index in [2.05, 4.69) is 10.3 Å². The van der Waals surface area contributed by atoms with E-state index in [0.717, 1.165) is 5.56 Å². The SMILES string of the molecule is O=S(=O)(Cl)c1cn(CCOCc2ccccc2)nn1. The fraction of sp³-hybridized carbons (Fsp3) is 0.273. The molecule has 1 aromatic carbocycles. The molecule has 0 aliphatic heterocycles. The van der Waals surface area contributed by atoms with E-state index >= 15 is 0 Å². The fourth-order valence-corrected chi connectivity index (χ4v) is 2.02. The summed E-state index contributed by atoms with van der Waals surface area (Å²) in [6.07, 6.45) is 1.27. The van der Waals surface area contributed by atoms with Crippen LogP contribution in [0.15, 0.2) is 41.6 Å². The van der Waals surface area contributed by atoms with Crippen LogP contribution < -0.4 is 0 Å². The molecule has 0 aliphatic carbocycles. The normalized spacial score (nSPS) is 11.6. The summed E-state index contributed by atoms with van der Waals surface area (Å²) in [5.41, 5.74) is 1.07. The van der Waals surface area contributed by atoms with Crippen molar-refractivity contribution in [3.8, 4) is 0 Å². The summed E-state index contributed by atoms with van der Waals surface area (Å²) in [5.74, 6) is 0. The first-order valence-corrected chi connectivity index (χ1v) is 7.83. The fourth-order valence-electron chi connectivity index (χ4n) is 1.42. The molecule has 102 valence electrons. The van der Waals surface area contributed by atoms with E-state index in [1.807, 2.05) is 30.3 Å². The summed E-state index contributed by atoms with van der Waals surface area (Å²) in [4.78, 5) is 0. The Morgan fingerprint density at radius 1 is 1.26 bits per heavy atom. The number of rotatable bonds is 6. The van der Waals surface area contributed by atoms with Crippen molar-refractivity contribution >= 4 is 19.7 Å². The predicted molar refractivity (Wildman–Crippen MR) is 69.2 cm³/mol. The van der Waals surface area contributed by atoms with Crippen molar-refractivity contribution in [1.82, 2.24) is 15.0 Å². The first-order valence-electron chi connectivity index (χ1n) is 5.52. The summed E-state index contributed by atoms with van der Waals surface area (Å²) in [7, 11) is 1.32. The monoisotopic (exact) mass is 301 g/mol. The number of aromatic nitrogens is 3. The molecule has 0 spiro atoms. The smallest absolute Gasteiger partial charge is 0.282 e. The zero-order valence-electron chi connectivity index (χ0n) is 9.94. The Hall–Kier alpha value is -1.44. The molecule has 0 aliphatic rings. The second-order valence-corrected chi connectivity index (χ2v) is 6.31. The van der Waals surface area contributed by atoms with E-state index < -0.39 is 9.05 Å². The molecule has 0 radical (unpaired) electrons. The number of nitrogens with zero attached hydrogens (tertiary/aromatic N) is 3. The lowest BCUT2D eigenvalue weighted by Crippen LogP contribution is -2.06. The summed E-state index contributed by atoms with van der Waals surface area (Å²) < 4.78 is 28.8. The van der Waals surface area contributed by atoms with Crippen LogP contribution in [-0.4, -0.2) is 30.0 Å². The zero-order valence-corrected chi connectivity index (χ0v) is 11.5. The average molecular weight is 302 g/mol. The highest BCUT2D eigenvalue weighted by molar-refractivity contribution is 8.13. The van der Waals surface area contributed by atoms with Crippen molar-refractivity contribution in [3.05, 3.63) is 42.1 Å². The molecule has 6 nitrogen and oxygen atoms in total. The molecule has 2 rings (SSSR count). The Balaban J connectivity index is 1.79. The second kappa shape index (κ2) is 6.14. The molecule has 0 fully saturated rings. The summed E-state index contributed by atoms with van der Waals surface area (Å²) in [6.45, 7) is 1.31. The lowest BCUT2D eigenvalue weighted by Gasteiger charge is -2.03. The molecule has 8 heteroatoms. The molecular weight excluding hydrogens is 290 g/mol. The van der Waals surface area contributed by atoms with Crippen molar-refractivity contribution in [2.24, 2.45) is 0 Å². The summed E-state index contributed by atoms with van der Waals surface area (Å²) >= 11 is 0. The Morgan fingerprint density at radius 2 is 2.00 bits per heavy atom. The number of hydrogen-bond donors (Lipinski definition) is 0. The molecule has 0 unspecified atom stereocenters. The molecule has 1 aromatic heterocycles. The van der Waals surface area contributed by atoms with Gasteiger partial charge in [0.2, 0.25) is 5.03 Å². The van der Waals surface area contributed by atoms with Crippen LogP contribution in [-0.2, 0) is 26.9 Å². The largest absolute Gasteiger partial charge is 0.375 e. The first kappa shape index (κ1) is 14.0. The van der Waals surface area contributed by atoms with Gasteiger partial charge in [0.1, 0.15) is 0 Å². The van der Waals surface area contributed by atoms with Crippen molar-refractivity contribution in [1.29, 1.82) is 0 Å². The van der Waals surface area contributed by atoms with Crippen LogP contribution in [0.4, 0.5) is 0 Å². The van der Waals surface area contributed by atoms with Crippen molar-refractivity contribution < 1.29 is 13.2 Å². The third kappa shape index (κ3) is 4.30. The molecular formula is C11H12ClN3O3S. The Morgan fingerprint density at radius 3 is 2.63 bits per heavy atom. The van der Waals surface area contributed by atoms with Gasteiger partial charge in [0.15, 0.2) is 0 Å². The van der Waals surface area contributed by atoms with Gasteiger partial charge in [-0.25, -0.2) is 13.1 Å². The maximum atomic E-state index is 11.0. The Bertz CT molecular complexity index is 628. The average Bonchev–Trinajstić information content (AvgIpc) is 2.85. The summed E-state index contributed by atoms with van der Waals surface area (Å²) in [5, 5.41) is 6.86. The zero-order chi connectivity index (χ0) is 13.7. The van der Waals surface area contributed by atoms with E-state index in [0.29, 0.717) is 19.8 Å². The third-order valence-electron chi connectivity index (χ3n) is 2.34. The predicted octanol–water partition coefficient (Wildman–Crippen LogP) is 1.42. The molecule has 0 amide bonds. The van der Waals surface area contributed by atoms with Gasteiger partial charge in [-0.05, 0) is 5.56 Å². The lowest BCUT2D eigenvalue weighted by atomic mass is 10.2. The molecule has 19 heavy (non-hydrogen) atoms. The van der Waals surface area contributed by atoms with Gasteiger partial charge in [-0.1, -0.05) is 35.5 Å². The van der Waals surface area contributed by atoms with Gasteiger partial charge < -0.3 is 4.74 Å². The van der Waals surface area contributed by atoms with Gasteiger partial charge in [0.25, 0.3) is 9.05 Å². The highest BCUT2D eigenvalue weighted by atomic mass is 35.7. The van der Waals surface area contributed by atoms with Crippen LogP contribution in [0.25, 0.3) is 0 Å².